The second-order valence-electron chi connectivity index (χ2n) is 5.11. The molecule has 0 saturated heterocycles. The number of hydrogen-bond acceptors (Lipinski definition) is 5. The summed E-state index contributed by atoms with van der Waals surface area (Å²) in [6, 6.07) is 8.68. The molecule has 1 fully saturated rings. The summed E-state index contributed by atoms with van der Waals surface area (Å²) < 4.78 is 0. The highest BCUT2D eigenvalue weighted by molar-refractivity contribution is 6.30. The van der Waals surface area contributed by atoms with Crippen LogP contribution in [-0.2, 0) is 0 Å². The fourth-order valence-electron chi connectivity index (χ4n) is 2.91. The second kappa shape index (κ2) is 5.69. The van der Waals surface area contributed by atoms with E-state index in [9.17, 15) is 25.7 Å². The fraction of sp³-hybridized carbons (Fsp3) is 0.429. The number of hydrogen-bond donors (Lipinski definition) is 1. The van der Waals surface area contributed by atoms with E-state index in [-0.39, 0.29) is 12.8 Å². The van der Waals surface area contributed by atoms with Crippen molar-refractivity contribution in [2.75, 3.05) is 0 Å². The molecule has 6 nitrogen and oxygen atoms in total. The number of benzene rings is 1. The zero-order valence-electron chi connectivity index (χ0n) is 10.9. The molecule has 1 N–H and O–H groups in total. The van der Waals surface area contributed by atoms with Crippen molar-refractivity contribution in [1.29, 1.82) is 10.5 Å². The van der Waals surface area contributed by atoms with E-state index in [0.717, 1.165) is 0 Å². The van der Waals surface area contributed by atoms with Crippen molar-refractivity contribution in [1.82, 2.24) is 0 Å². The number of nitriles is 2. The van der Waals surface area contributed by atoms with E-state index in [1.165, 1.54) is 0 Å². The van der Waals surface area contributed by atoms with Crippen LogP contribution in [0.4, 0.5) is 0 Å². The van der Waals surface area contributed by atoms with Gasteiger partial charge in [-0.05, 0) is 30.5 Å². The molecule has 1 aromatic carbocycles. The van der Waals surface area contributed by atoms with Crippen LogP contribution in [0.3, 0.4) is 0 Å². The average molecular weight is 306 g/mol. The minimum atomic E-state index is -1.52. The number of aliphatic hydroxyl groups excluding tert-OH is 1. The van der Waals surface area contributed by atoms with Crippen LogP contribution in [0.5, 0.6) is 0 Å². The van der Waals surface area contributed by atoms with Crippen molar-refractivity contribution in [3.05, 3.63) is 45.0 Å². The van der Waals surface area contributed by atoms with Crippen LogP contribution in [0, 0.1) is 38.2 Å². The molecule has 0 aliphatic heterocycles. The molecule has 1 aliphatic carbocycles. The van der Waals surface area contributed by atoms with Crippen LogP contribution < -0.4 is 0 Å². The number of rotatable bonds is 2. The Bertz CT molecular complexity index is 618. The van der Waals surface area contributed by atoms with Crippen molar-refractivity contribution >= 4 is 11.6 Å². The van der Waals surface area contributed by atoms with Crippen LogP contribution in [0.15, 0.2) is 24.3 Å². The lowest BCUT2D eigenvalue weighted by molar-refractivity contribution is -0.544. The maximum absolute atomic E-state index is 11.3. The van der Waals surface area contributed by atoms with Gasteiger partial charge in [0.15, 0.2) is 5.41 Å². The maximum Gasteiger partial charge on any atom is 0.247 e. The number of nitrogens with zero attached hydrogens (tertiary/aromatic N) is 3. The van der Waals surface area contributed by atoms with E-state index < -0.39 is 28.4 Å². The highest BCUT2D eigenvalue weighted by atomic mass is 35.5. The molecule has 0 amide bonds. The van der Waals surface area contributed by atoms with E-state index >= 15 is 0 Å². The molecule has 1 aromatic rings. The Labute approximate surface area is 126 Å². The number of aliphatic hydroxyl groups is 1. The van der Waals surface area contributed by atoms with E-state index in [0.29, 0.717) is 10.6 Å². The van der Waals surface area contributed by atoms with Crippen molar-refractivity contribution in [2.24, 2.45) is 5.41 Å². The summed E-state index contributed by atoms with van der Waals surface area (Å²) in [6.07, 6.45) is -1.04. The molecule has 1 saturated carbocycles. The smallest absolute Gasteiger partial charge is 0.247 e. The van der Waals surface area contributed by atoms with E-state index in [2.05, 4.69) is 0 Å². The van der Waals surface area contributed by atoms with Crippen LogP contribution in [0.1, 0.15) is 24.3 Å². The largest absolute Gasteiger partial charge is 0.386 e. The SMILES string of the molecule is N#CC1(C#N)CC[C@@H](O)[C@@H]([N+](=O)[O-])[C@@H]1c1ccc(Cl)cc1. The average Bonchev–Trinajstić information content (AvgIpc) is 2.48. The summed E-state index contributed by atoms with van der Waals surface area (Å²) in [4.78, 5) is 10.7. The molecule has 2 rings (SSSR count). The number of halogens is 1. The Kier molecular flexibility index (Phi) is 4.13. The van der Waals surface area contributed by atoms with Crippen molar-refractivity contribution in [3.8, 4) is 12.1 Å². The highest BCUT2D eigenvalue weighted by Gasteiger charge is 2.56. The monoisotopic (exact) mass is 305 g/mol. The van der Waals surface area contributed by atoms with E-state index in [4.69, 9.17) is 11.6 Å². The van der Waals surface area contributed by atoms with Crippen LogP contribution in [0.2, 0.25) is 5.02 Å². The normalized spacial score (nSPS) is 27.3. The first-order chi connectivity index (χ1) is 9.95. The molecular weight excluding hydrogens is 294 g/mol. The van der Waals surface area contributed by atoms with Gasteiger partial charge in [-0.1, -0.05) is 23.7 Å². The maximum atomic E-state index is 11.3. The second-order valence-corrected chi connectivity index (χ2v) is 5.54. The van der Waals surface area contributed by atoms with Gasteiger partial charge in [0, 0.05) is 9.95 Å². The quantitative estimate of drug-likeness (QED) is 0.665. The van der Waals surface area contributed by atoms with Crippen molar-refractivity contribution < 1.29 is 10.0 Å². The summed E-state index contributed by atoms with van der Waals surface area (Å²) in [6.45, 7) is 0. The first-order valence-corrected chi connectivity index (χ1v) is 6.72. The molecule has 1 aliphatic rings. The first kappa shape index (κ1) is 15.2. The van der Waals surface area contributed by atoms with Gasteiger partial charge < -0.3 is 5.11 Å². The Morgan fingerprint density at radius 1 is 1.33 bits per heavy atom. The zero-order chi connectivity index (χ0) is 15.6. The van der Waals surface area contributed by atoms with Gasteiger partial charge in [-0.3, -0.25) is 10.1 Å². The van der Waals surface area contributed by atoms with Gasteiger partial charge in [-0.15, -0.1) is 0 Å². The molecule has 0 unspecified atom stereocenters. The third kappa shape index (κ3) is 2.56. The molecule has 21 heavy (non-hydrogen) atoms. The van der Waals surface area contributed by atoms with Crippen LogP contribution in [-0.4, -0.2) is 22.2 Å². The van der Waals surface area contributed by atoms with Gasteiger partial charge in [0.1, 0.15) is 6.10 Å². The lowest BCUT2D eigenvalue weighted by Gasteiger charge is -2.37. The third-order valence-electron chi connectivity index (χ3n) is 3.97. The van der Waals surface area contributed by atoms with Gasteiger partial charge >= 0.3 is 0 Å². The lowest BCUT2D eigenvalue weighted by atomic mass is 9.62. The summed E-state index contributed by atoms with van der Waals surface area (Å²) in [7, 11) is 0. The molecule has 0 spiro atoms. The fourth-order valence-corrected chi connectivity index (χ4v) is 3.03. The summed E-state index contributed by atoms with van der Waals surface area (Å²) in [5, 5.41) is 40.6. The van der Waals surface area contributed by atoms with E-state index in [1.54, 1.807) is 24.3 Å². The van der Waals surface area contributed by atoms with Crippen LogP contribution >= 0.6 is 11.6 Å². The summed E-state index contributed by atoms with van der Waals surface area (Å²) in [5.41, 5.74) is -1.06. The predicted molar refractivity (Wildman–Crippen MR) is 73.9 cm³/mol. The molecule has 7 heteroatoms. The van der Waals surface area contributed by atoms with Gasteiger partial charge in [0.05, 0.1) is 18.1 Å². The standard InChI is InChI=1S/C14H12ClN3O3/c15-10-3-1-9(2-4-10)12-13(18(20)21)11(19)5-6-14(12,7-16)8-17/h1-4,11-13,19H,5-6H2/t11-,12+,13-/m1/s1. The molecule has 108 valence electrons. The zero-order valence-corrected chi connectivity index (χ0v) is 11.7. The van der Waals surface area contributed by atoms with Crippen LogP contribution in [0.25, 0.3) is 0 Å². The number of nitro groups is 1. The van der Waals surface area contributed by atoms with Gasteiger partial charge in [0.2, 0.25) is 6.04 Å². The van der Waals surface area contributed by atoms with Crippen molar-refractivity contribution in [2.45, 2.75) is 30.9 Å². The molecule has 0 bridgehead atoms. The van der Waals surface area contributed by atoms with E-state index in [1.807, 2.05) is 12.1 Å². The van der Waals surface area contributed by atoms with Gasteiger partial charge in [0.25, 0.3) is 0 Å². The van der Waals surface area contributed by atoms with Crippen molar-refractivity contribution in [3.63, 3.8) is 0 Å². The highest BCUT2D eigenvalue weighted by Crippen LogP contribution is 2.47. The Balaban J connectivity index is 2.60. The Morgan fingerprint density at radius 2 is 1.90 bits per heavy atom. The molecule has 0 radical (unpaired) electrons. The van der Waals surface area contributed by atoms with Gasteiger partial charge in [-0.2, -0.15) is 10.5 Å². The summed E-state index contributed by atoms with van der Waals surface area (Å²) >= 11 is 5.80. The minimum Gasteiger partial charge on any atom is -0.386 e. The predicted octanol–water partition coefficient (Wildman–Crippen LogP) is 2.26. The Morgan fingerprint density at radius 3 is 2.38 bits per heavy atom. The summed E-state index contributed by atoms with van der Waals surface area (Å²) in [5.74, 6) is -0.997. The first-order valence-electron chi connectivity index (χ1n) is 6.34. The topological polar surface area (TPSA) is 111 Å². The van der Waals surface area contributed by atoms with Gasteiger partial charge in [-0.25, -0.2) is 0 Å². The molecule has 0 heterocycles. The minimum absolute atomic E-state index is 0.0524. The molecule has 3 atom stereocenters. The molecule has 0 aromatic heterocycles. The lowest BCUT2D eigenvalue weighted by Crippen LogP contribution is -2.50. The Hall–Kier alpha value is -2.15. The molecular formula is C14H12ClN3O3. The third-order valence-corrected chi connectivity index (χ3v) is 4.22.